The summed E-state index contributed by atoms with van der Waals surface area (Å²) in [6.07, 6.45) is 1.82. The van der Waals surface area contributed by atoms with Crippen molar-refractivity contribution >= 4 is 11.9 Å². The summed E-state index contributed by atoms with van der Waals surface area (Å²) in [6.45, 7) is 4.56. The summed E-state index contributed by atoms with van der Waals surface area (Å²) in [7, 11) is 0. The molecule has 104 valence electrons. The molecule has 0 spiro atoms. The van der Waals surface area contributed by atoms with E-state index in [1.165, 1.54) is 0 Å². The molecule has 0 aliphatic carbocycles. The number of carbonyl (C=O) groups excluding carboxylic acids is 1. The molecule has 1 aromatic heterocycles. The van der Waals surface area contributed by atoms with Gasteiger partial charge in [0.05, 0.1) is 19.3 Å². The minimum absolute atomic E-state index is 0.113. The van der Waals surface area contributed by atoms with Crippen molar-refractivity contribution < 1.29 is 19.4 Å². The molecule has 0 bridgehead atoms. The van der Waals surface area contributed by atoms with E-state index in [4.69, 9.17) is 4.74 Å². The van der Waals surface area contributed by atoms with Gasteiger partial charge in [-0.25, -0.2) is 0 Å². The molecular weight excluding hydrogens is 248 g/mol. The molecule has 1 aliphatic heterocycles. The van der Waals surface area contributed by atoms with Crippen LogP contribution < -0.4 is 5.32 Å². The highest BCUT2D eigenvalue weighted by atomic mass is 16.5. The number of aryl methyl sites for hydroxylation is 1. The topological polar surface area (TPSA) is 80.6 Å². The molecule has 1 amide bonds. The first kappa shape index (κ1) is 13.6. The molecule has 1 aromatic rings. The minimum atomic E-state index is -1.07. The van der Waals surface area contributed by atoms with Gasteiger partial charge >= 0.3 is 5.97 Å². The van der Waals surface area contributed by atoms with Crippen molar-refractivity contribution in [2.24, 2.45) is 5.41 Å². The maximum Gasteiger partial charge on any atom is 0.313 e. The van der Waals surface area contributed by atoms with E-state index in [9.17, 15) is 14.7 Å². The molecule has 2 unspecified atom stereocenters. The number of ether oxygens (including phenoxy) is 1. The van der Waals surface area contributed by atoms with Gasteiger partial charge in [0.2, 0.25) is 0 Å². The zero-order valence-corrected chi connectivity index (χ0v) is 11.0. The summed E-state index contributed by atoms with van der Waals surface area (Å²) < 4.78 is 7.02. The average molecular weight is 266 g/mol. The number of carbonyl (C=O) groups is 2. The molecule has 2 N–H and O–H groups in total. The van der Waals surface area contributed by atoms with E-state index in [-0.39, 0.29) is 19.1 Å². The van der Waals surface area contributed by atoms with Gasteiger partial charge in [-0.2, -0.15) is 0 Å². The highest BCUT2D eigenvalue weighted by Gasteiger charge is 2.47. The number of nitrogens with one attached hydrogen (secondary N) is 1. The monoisotopic (exact) mass is 266 g/mol. The van der Waals surface area contributed by atoms with Crippen LogP contribution in [0.4, 0.5) is 0 Å². The number of rotatable bonds is 4. The van der Waals surface area contributed by atoms with E-state index in [0.717, 1.165) is 0 Å². The molecule has 0 aromatic carbocycles. The highest BCUT2D eigenvalue weighted by Crippen LogP contribution is 2.28. The van der Waals surface area contributed by atoms with Gasteiger partial charge in [-0.05, 0) is 26.0 Å². The van der Waals surface area contributed by atoms with E-state index in [0.29, 0.717) is 12.2 Å². The van der Waals surface area contributed by atoms with E-state index < -0.39 is 17.4 Å². The Kier molecular flexibility index (Phi) is 3.61. The Morgan fingerprint density at radius 2 is 2.37 bits per heavy atom. The molecule has 2 rings (SSSR count). The summed E-state index contributed by atoms with van der Waals surface area (Å²) in [6, 6.07) is 2.99. The first-order valence-corrected chi connectivity index (χ1v) is 6.26. The van der Waals surface area contributed by atoms with Crippen LogP contribution in [-0.2, 0) is 16.1 Å². The normalized spacial score (nSPS) is 26.3. The lowest BCUT2D eigenvalue weighted by atomic mass is 9.85. The molecule has 19 heavy (non-hydrogen) atoms. The van der Waals surface area contributed by atoms with Crippen molar-refractivity contribution in [2.75, 3.05) is 13.2 Å². The van der Waals surface area contributed by atoms with E-state index in [1.807, 2.05) is 17.7 Å². The predicted molar refractivity (Wildman–Crippen MR) is 67.9 cm³/mol. The summed E-state index contributed by atoms with van der Waals surface area (Å²) in [4.78, 5) is 23.5. The van der Waals surface area contributed by atoms with Crippen LogP contribution in [-0.4, -0.2) is 40.8 Å². The van der Waals surface area contributed by atoms with Crippen LogP contribution in [0.15, 0.2) is 18.3 Å². The van der Waals surface area contributed by atoms with Crippen LogP contribution in [0, 0.1) is 5.41 Å². The van der Waals surface area contributed by atoms with Crippen molar-refractivity contribution in [2.45, 2.75) is 26.4 Å². The smallest absolute Gasteiger partial charge is 0.313 e. The third kappa shape index (κ3) is 2.35. The fourth-order valence-electron chi connectivity index (χ4n) is 2.21. The summed E-state index contributed by atoms with van der Waals surface area (Å²) in [5, 5.41) is 12.0. The number of aromatic nitrogens is 1. The van der Waals surface area contributed by atoms with Crippen LogP contribution >= 0.6 is 0 Å². The maximum atomic E-state index is 12.2. The second-order valence-corrected chi connectivity index (χ2v) is 4.94. The van der Waals surface area contributed by atoms with Crippen molar-refractivity contribution in [3.05, 3.63) is 24.0 Å². The van der Waals surface area contributed by atoms with Gasteiger partial charge in [0.1, 0.15) is 11.1 Å². The number of nitrogens with zero attached hydrogens (tertiary/aromatic N) is 1. The fourth-order valence-corrected chi connectivity index (χ4v) is 2.21. The van der Waals surface area contributed by atoms with E-state index >= 15 is 0 Å². The molecule has 6 nitrogen and oxygen atoms in total. The third-order valence-corrected chi connectivity index (χ3v) is 3.65. The van der Waals surface area contributed by atoms with E-state index in [1.54, 1.807) is 19.1 Å². The molecule has 0 saturated carbocycles. The van der Waals surface area contributed by atoms with Crippen LogP contribution in [0.3, 0.4) is 0 Å². The summed E-state index contributed by atoms with van der Waals surface area (Å²) in [5.74, 6) is -1.23. The number of amides is 1. The quantitative estimate of drug-likeness (QED) is 0.841. The molecular formula is C13H18N2O4. The zero-order valence-electron chi connectivity index (χ0n) is 11.0. The average Bonchev–Trinajstić information content (AvgIpc) is 2.97. The largest absolute Gasteiger partial charge is 0.481 e. The second kappa shape index (κ2) is 5.05. The number of carboxylic acid groups (broad SMARTS) is 1. The van der Waals surface area contributed by atoms with Crippen LogP contribution in [0.25, 0.3) is 0 Å². The summed E-state index contributed by atoms with van der Waals surface area (Å²) >= 11 is 0. The van der Waals surface area contributed by atoms with Crippen LogP contribution in [0.2, 0.25) is 0 Å². The SMILES string of the molecule is CCn1cccc1C(=O)NC1COCC1(C)C(=O)O. The number of aliphatic carboxylic acids is 1. The predicted octanol–water partition coefficient (Wildman–Crippen LogP) is 0.727. The Morgan fingerprint density at radius 3 is 3.00 bits per heavy atom. The zero-order chi connectivity index (χ0) is 14.0. The molecule has 1 saturated heterocycles. The number of hydrogen-bond acceptors (Lipinski definition) is 3. The van der Waals surface area contributed by atoms with Gasteiger partial charge in [-0.3, -0.25) is 9.59 Å². The molecule has 2 atom stereocenters. The Bertz CT molecular complexity index is 497. The lowest BCUT2D eigenvalue weighted by Crippen LogP contribution is -2.50. The fraction of sp³-hybridized carbons (Fsp3) is 0.538. The second-order valence-electron chi connectivity index (χ2n) is 4.94. The van der Waals surface area contributed by atoms with Crippen molar-refractivity contribution in [3.8, 4) is 0 Å². The molecule has 0 radical (unpaired) electrons. The third-order valence-electron chi connectivity index (χ3n) is 3.65. The van der Waals surface area contributed by atoms with Gasteiger partial charge in [0.15, 0.2) is 0 Å². The Labute approximate surface area is 111 Å². The minimum Gasteiger partial charge on any atom is -0.481 e. The standard InChI is InChI=1S/C13H18N2O4/c1-3-15-6-4-5-9(15)11(16)14-10-7-19-8-13(10,2)12(17)18/h4-6,10H,3,7-8H2,1-2H3,(H,14,16)(H,17,18). The molecule has 6 heteroatoms. The number of carboxylic acids is 1. The van der Waals surface area contributed by atoms with Crippen molar-refractivity contribution in [3.63, 3.8) is 0 Å². The van der Waals surface area contributed by atoms with Gasteiger partial charge in [0, 0.05) is 12.7 Å². The van der Waals surface area contributed by atoms with Gasteiger partial charge < -0.3 is 19.7 Å². The van der Waals surface area contributed by atoms with Gasteiger partial charge in [-0.1, -0.05) is 0 Å². The Morgan fingerprint density at radius 1 is 1.63 bits per heavy atom. The number of hydrogen-bond donors (Lipinski definition) is 2. The Hall–Kier alpha value is -1.82. The van der Waals surface area contributed by atoms with E-state index in [2.05, 4.69) is 5.32 Å². The first-order valence-electron chi connectivity index (χ1n) is 6.26. The van der Waals surface area contributed by atoms with Crippen molar-refractivity contribution in [1.29, 1.82) is 0 Å². The maximum absolute atomic E-state index is 12.2. The van der Waals surface area contributed by atoms with Crippen molar-refractivity contribution in [1.82, 2.24) is 9.88 Å². The Balaban J connectivity index is 2.13. The lowest BCUT2D eigenvalue weighted by molar-refractivity contribution is -0.148. The van der Waals surface area contributed by atoms with Crippen LogP contribution in [0.1, 0.15) is 24.3 Å². The van der Waals surface area contributed by atoms with Crippen LogP contribution in [0.5, 0.6) is 0 Å². The highest BCUT2D eigenvalue weighted by molar-refractivity contribution is 5.93. The molecule has 1 fully saturated rings. The van der Waals surface area contributed by atoms with Gasteiger partial charge in [-0.15, -0.1) is 0 Å². The lowest BCUT2D eigenvalue weighted by Gasteiger charge is -2.25. The summed E-state index contributed by atoms with van der Waals surface area (Å²) in [5.41, 5.74) is -0.540. The van der Waals surface area contributed by atoms with Gasteiger partial charge in [0.25, 0.3) is 5.91 Å². The molecule has 1 aliphatic rings. The molecule has 2 heterocycles. The first-order chi connectivity index (χ1) is 8.99.